The summed E-state index contributed by atoms with van der Waals surface area (Å²) < 4.78 is 0. The van der Waals surface area contributed by atoms with Crippen LogP contribution in [0.1, 0.15) is 42.5 Å². The van der Waals surface area contributed by atoms with E-state index >= 15 is 0 Å². The molecule has 2 aromatic rings. The van der Waals surface area contributed by atoms with Crippen LogP contribution in [0, 0.1) is 6.92 Å². The van der Waals surface area contributed by atoms with E-state index in [-0.39, 0.29) is 24.3 Å². The lowest BCUT2D eigenvalue weighted by Gasteiger charge is -2.04. The largest absolute Gasteiger partial charge is 0.481 e. The number of rotatable bonds is 4. The van der Waals surface area contributed by atoms with E-state index in [2.05, 4.69) is 9.97 Å². The highest BCUT2D eigenvalue weighted by atomic mass is 32.1. The molecule has 0 aromatic carbocycles. The Hall–Kier alpha value is -1.69. The molecule has 0 saturated carbocycles. The number of thiophene rings is 1. The summed E-state index contributed by atoms with van der Waals surface area (Å²) in [6.45, 7) is 6.08. The van der Waals surface area contributed by atoms with Crippen LogP contribution in [0.3, 0.4) is 0 Å². The van der Waals surface area contributed by atoms with Gasteiger partial charge in [-0.05, 0) is 18.4 Å². The topological polar surface area (TPSA) is 83.0 Å². The molecule has 102 valence electrons. The molecule has 0 aliphatic heterocycles. The van der Waals surface area contributed by atoms with Crippen molar-refractivity contribution < 1.29 is 9.90 Å². The lowest BCUT2D eigenvalue weighted by molar-refractivity contribution is -0.137. The maximum atomic E-state index is 12.1. The molecular formula is C13H16N2O3S. The molecule has 0 radical (unpaired) electrons. The van der Waals surface area contributed by atoms with Crippen molar-refractivity contribution in [2.24, 2.45) is 0 Å². The van der Waals surface area contributed by atoms with Gasteiger partial charge >= 0.3 is 5.97 Å². The molecule has 0 amide bonds. The van der Waals surface area contributed by atoms with Crippen molar-refractivity contribution in [2.45, 2.75) is 39.5 Å². The molecule has 0 saturated heterocycles. The normalized spacial score (nSPS) is 11.4. The molecule has 0 atom stereocenters. The van der Waals surface area contributed by atoms with E-state index in [4.69, 9.17) is 5.11 Å². The number of aromatic nitrogens is 2. The van der Waals surface area contributed by atoms with Crippen LogP contribution in [0.5, 0.6) is 0 Å². The number of nitrogens with zero attached hydrogens (tertiary/aromatic N) is 1. The smallest absolute Gasteiger partial charge is 0.303 e. The lowest BCUT2D eigenvalue weighted by Crippen LogP contribution is -2.13. The summed E-state index contributed by atoms with van der Waals surface area (Å²) in [4.78, 5) is 31.6. The highest BCUT2D eigenvalue weighted by molar-refractivity contribution is 7.18. The van der Waals surface area contributed by atoms with Gasteiger partial charge in [0.25, 0.3) is 5.56 Å². The van der Waals surface area contributed by atoms with Gasteiger partial charge in [0.05, 0.1) is 11.8 Å². The molecule has 19 heavy (non-hydrogen) atoms. The monoisotopic (exact) mass is 280 g/mol. The fraction of sp³-hybridized carbons (Fsp3) is 0.462. The van der Waals surface area contributed by atoms with Crippen LogP contribution in [0.25, 0.3) is 10.2 Å². The van der Waals surface area contributed by atoms with Crippen LogP contribution in [-0.2, 0) is 11.2 Å². The minimum absolute atomic E-state index is 0.0319. The minimum Gasteiger partial charge on any atom is -0.481 e. The zero-order valence-corrected chi connectivity index (χ0v) is 11.9. The number of H-pyrrole nitrogens is 1. The van der Waals surface area contributed by atoms with Gasteiger partial charge < -0.3 is 10.1 Å². The van der Waals surface area contributed by atoms with E-state index in [9.17, 15) is 9.59 Å². The Balaban J connectivity index is 2.54. The Morgan fingerprint density at radius 1 is 1.47 bits per heavy atom. The Bertz CT molecular complexity index is 685. The van der Waals surface area contributed by atoms with E-state index < -0.39 is 5.97 Å². The Morgan fingerprint density at radius 3 is 2.74 bits per heavy atom. The Kier molecular flexibility index (Phi) is 3.71. The van der Waals surface area contributed by atoms with Gasteiger partial charge in [0.15, 0.2) is 0 Å². The van der Waals surface area contributed by atoms with Gasteiger partial charge in [0.1, 0.15) is 10.7 Å². The zero-order valence-electron chi connectivity index (χ0n) is 11.1. The van der Waals surface area contributed by atoms with E-state index in [1.165, 1.54) is 11.3 Å². The maximum Gasteiger partial charge on any atom is 0.303 e. The number of carboxylic acid groups (broad SMARTS) is 1. The van der Waals surface area contributed by atoms with Crippen LogP contribution in [0.2, 0.25) is 0 Å². The summed E-state index contributed by atoms with van der Waals surface area (Å²) in [5.74, 6) is -0.189. The molecule has 0 aliphatic carbocycles. The van der Waals surface area contributed by atoms with Gasteiger partial charge in [0.2, 0.25) is 0 Å². The fourth-order valence-electron chi connectivity index (χ4n) is 2.22. The van der Waals surface area contributed by atoms with Gasteiger partial charge in [-0.15, -0.1) is 11.3 Å². The van der Waals surface area contributed by atoms with Crippen LogP contribution >= 0.6 is 11.3 Å². The molecule has 0 bridgehead atoms. The summed E-state index contributed by atoms with van der Waals surface area (Å²) in [6, 6.07) is 0. The molecule has 0 fully saturated rings. The summed E-state index contributed by atoms with van der Waals surface area (Å²) in [5, 5.41) is 9.31. The molecule has 2 aromatic heterocycles. The van der Waals surface area contributed by atoms with Crippen molar-refractivity contribution in [1.29, 1.82) is 0 Å². The molecule has 2 heterocycles. The van der Waals surface area contributed by atoms with Crippen molar-refractivity contribution in [1.82, 2.24) is 9.97 Å². The molecule has 6 heteroatoms. The molecule has 2 rings (SSSR count). The first kappa shape index (κ1) is 13.7. The number of carboxylic acids is 1. The van der Waals surface area contributed by atoms with Gasteiger partial charge in [-0.1, -0.05) is 13.8 Å². The number of aromatic amines is 1. The third-order valence-corrected chi connectivity index (χ3v) is 4.00. The number of aryl methyl sites for hydroxylation is 2. The molecule has 0 unspecified atom stereocenters. The van der Waals surface area contributed by atoms with Crippen LogP contribution in [-0.4, -0.2) is 21.0 Å². The number of aliphatic carboxylic acids is 1. The van der Waals surface area contributed by atoms with Crippen LogP contribution in [0.4, 0.5) is 0 Å². The van der Waals surface area contributed by atoms with E-state index in [1.807, 2.05) is 20.8 Å². The quantitative estimate of drug-likeness (QED) is 0.901. The van der Waals surface area contributed by atoms with Crippen molar-refractivity contribution in [3.05, 3.63) is 26.6 Å². The maximum absolute atomic E-state index is 12.1. The summed E-state index contributed by atoms with van der Waals surface area (Å²) in [7, 11) is 0. The van der Waals surface area contributed by atoms with Crippen LogP contribution in [0.15, 0.2) is 4.79 Å². The average molecular weight is 280 g/mol. The Morgan fingerprint density at radius 2 is 2.16 bits per heavy atom. The second-order valence-electron chi connectivity index (χ2n) is 4.81. The number of hydrogen-bond donors (Lipinski definition) is 2. The first-order chi connectivity index (χ1) is 8.90. The number of fused-ring (bicyclic) bond motifs is 1. The SMILES string of the molecule is Cc1sc2nc(CCC(=O)O)[nH]c(=O)c2c1C(C)C. The number of carbonyl (C=O) groups is 1. The summed E-state index contributed by atoms with van der Waals surface area (Å²) >= 11 is 1.49. The molecule has 2 N–H and O–H groups in total. The van der Waals surface area contributed by atoms with E-state index in [0.717, 1.165) is 10.4 Å². The molecule has 0 spiro atoms. The minimum atomic E-state index is -0.895. The predicted molar refractivity (Wildman–Crippen MR) is 75.0 cm³/mol. The fourth-order valence-corrected chi connectivity index (χ4v) is 3.42. The van der Waals surface area contributed by atoms with Crippen molar-refractivity contribution in [3.8, 4) is 0 Å². The first-order valence-electron chi connectivity index (χ1n) is 6.14. The predicted octanol–water partition coefficient (Wildman–Crippen LogP) is 2.43. The molecular weight excluding hydrogens is 264 g/mol. The third-order valence-electron chi connectivity index (χ3n) is 2.99. The van der Waals surface area contributed by atoms with Gasteiger partial charge in [0, 0.05) is 11.3 Å². The summed E-state index contributed by atoms with van der Waals surface area (Å²) in [5.41, 5.74) is 0.872. The number of nitrogens with one attached hydrogen (secondary N) is 1. The second-order valence-corrected chi connectivity index (χ2v) is 6.02. The number of hydrogen-bond acceptors (Lipinski definition) is 4. The Labute approximate surface area is 114 Å². The van der Waals surface area contributed by atoms with Crippen molar-refractivity contribution in [3.63, 3.8) is 0 Å². The van der Waals surface area contributed by atoms with Gasteiger partial charge in [-0.2, -0.15) is 0 Å². The van der Waals surface area contributed by atoms with E-state index in [1.54, 1.807) is 0 Å². The van der Waals surface area contributed by atoms with Gasteiger partial charge in [-0.25, -0.2) is 4.98 Å². The van der Waals surface area contributed by atoms with Crippen LogP contribution < -0.4 is 5.56 Å². The van der Waals surface area contributed by atoms with Crippen molar-refractivity contribution in [2.75, 3.05) is 0 Å². The zero-order chi connectivity index (χ0) is 14.2. The lowest BCUT2D eigenvalue weighted by atomic mass is 10.0. The third kappa shape index (κ3) is 2.68. The first-order valence-corrected chi connectivity index (χ1v) is 6.95. The van der Waals surface area contributed by atoms with Gasteiger partial charge in [-0.3, -0.25) is 9.59 Å². The van der Waals surface area contributed by atoms with Crippen molar-refractivity contribution >= 4 is 27.5 Å². The summed E-state index contributed by atoms with van der Waals surface area (Å²) in [6.07, 6.45) is 0.213. The second kappa shape index (κ2) is 5.13. The van der Waals surface area contributed by atoms with E-state index in [0.29, 0.717) is 16.0 Å². The highest BCUT2D eigenvalue weighted by Crippen LogP contribution is 2.32. The highest BCUT2D eigenvalue weighted by Gasteiger charge is 2.17. The average Bonchev–Trinajstić information content (AvgIpc) is 2.63. The molecule has 0 aliphatic rings. The standard InChI is InChI=1S/C13H16N2O3S/c1-6(2)10-7(3)19-13-11(10)12(18)14-8(15-13)4-5-9(16)17/h6H,4-5H2,1-3H3,(H,16,17)(H,14,15,18). The molecule has 5 nitrogen and oxygen atoms in total.